The van der Waals surface area contributed by atoms with Crippen molar-refractivity contribution in [2.24, 2.45) is 0 Å². The van der Waals surface area contributed by atoms with Crippen LogP contribution in [0.5, 0.6) is 0 Å². The van der Waals surface area contributed by atoms with Gasteiger partial charge >= 0.3 is 0 Å². The molecule has 1 heterocycles. The molecule has 1 aromatic rings. The summed E-state index contributed by atoms with van der Waals surface area (Å²) < 4.78 is 26.8. The van der Waals surface area contributed by atoms with Crippen LogP contribution in [0.4, 0.5) is 5.69 Å². The van der Waals surface area contributed by atoms with Crippen molar-refractivity contribution in [2.45, 2.75) is 37.6 Å². The summed E-state index contributed by atoms with van der Waals surface area (Å²) in [7, 11) is -3.66. The van der Waals surface area contributed by atoms with Crippen molar-refractivity contribution in [1.29, 1.82) is 0 Å². The predicted molar refractivity (Wildman–Crippen MR) is 79.7 cm³/mol. The molecule has 1 atom stereocenters. The second-order valence-electron chi connectivity index (χ2n) is 5.27. The minimum Gasteiger partial charge on any atom is -0.395 e. The highest BCUT2D eigenvalue weighted by Gasteiger charge is 2.23. The first-order chi connectivity index (χ1) is 9.85. The summed E-state index contributed by atoms with van der Waals surface area (Å²) in [6, 6.07) is 4.23. The number of nitrogens with zero attached hydrogens (tertiary/aromatic N) is 1. The third kappa shape index (κ3) is 3.42. The van der Waals surface area contributed by atoms with Crippen LogP contribution in [0.3, 0.4) is 0 Å². The van der Waals surface area contributed by atoms with Crippen LogP contribution in [0.15, 0.2) is 23.1 Å². The molecular weight excluding hydrogens is 292 g/mol. The number of carbonyl (C=O) groups excluding carboxylic acids is 1. The summed E-state index contributed by atoms with van der Waals surface area (Å²) in [4.78, 5) is 13.4. The van der Waals surface area contributed by atoms with E-state index in [4.69, 9.17) is 5.11 Å². The molecule has 0 saturated heterocycles. The Kier molecular flexibility index (Phi) is 4.65. The van der Waals surface area contributed by atoms with Crippen LogP contribution in [0.1, 0.15) is 25.8 Å². The maximum Gasteiger partial charge on any atom is 0.240 e. The van der Waals surface area contributed by atoms with Gasteiger partial charge < -0.3 is 10.0 Å². The maximum atomic E-state index is 12.2. The molecule has 1 aliphatic rings. The maximum absolute atomic E-state index is 12.2. The number of fused-ring (bicyclic) bond motifs is 1. The fourth-order valence-electron chi connectivity index (χ4n) is 2.44. The molecule has 2 N–H and O–H groups in total. The minimum atomic E-state index is -3.66. The molecule has 7 heteroatoms. The molecule has 21 heavy (non-hydrogen) atoms. The Morgan fingerprint density at radius 2 is 2.19 bits per heavy atom. The number of sulfonamides is 1. The molecule has 0 unspecified atom stereocenters. The molecule has 116 valence electrons. The van der Waals surface area contributed by atoms with E-state index in [0.29, 0.717) is 6.54 Å². The summed E-state index contributed by atoms with van der Waals surface area (Å²) in [6.07, 6.45) is 1.56. The van der Waals surface area contributed by atoms with Gasteiger partial charge in [-0.15, -0.1) is 0 Å². The average molecular weight is 312 g/mol. The number of benzene rings is 1. The zero-order valence-corrected chi connectivity index (χ0v) is 13.0. The third-order valence-electron chi connectivity index (χ3n) is 3.49. The second-order valence-corrected chi connectivity index (χ2v) is 6.98. The van der Waals surface area contributed by atoms with E-state index in [-0.39, 0.29) is 17.4 Å². The first-order valence-electron chi connectivity index (χ1n) is 6.89. The molecule has 0 aromatic heterocycles. The standard InChI is InChI=1S/C14H20N2O4S/c1-10(9-17)15-21(19,20)13-5-6-14-12(8-13)4-3-7-16(14)11(2)18/h5-6,8,10,15,17H,3-4,7,9H2,1-2H3/t10-/m0/s1. The van der Waals surface area contributed by atoms with Crippen molar-refractivity contribution < 1.29 is 18.3 Å². The normalized spacial score (nSPS) is 16.4. The quantitative estimate of drug-likeness (QED) is 0.854. The van der Waals surface area contributed by atoms with E-state index in [1.54, 1.807) is 24.0 Å². The smallest absolute Gasteiger partial charge is 0.240 e. The Balaban J connectivity index is 2.35. The first-order valence-corrected chi connectivity index (χ1v) is 8.37. The number of nitrogens with one attached hydrogen (secondary N) is 1. The summed E-state index contributed by atoms with van der Waals surface area (Å²) in [5.41, 5.74) is 1.64. The van der Waals surface area contributed by atoms with Crippen molar-refractivity contribution in [2.75, 3.05) is 18.1 Å². The Morgan fingerprint density at radius 3 is 2.81 bits per heavy atom. The molecule has 0 radical (unpaired) electrons. The molecule has 0 saturated carbocycles. The summed E-state index contributed by atoms with van der Waals surface area (Å²) in [5.74, 6) is -0.0430. The van der Waals surface area contributed by atoms with E-state index in [9.17, 15) is 13.2 Å². The van der Waals surface area contributed by atoms with E-state index in [0.717, 1.165) is 24.1 Å². The van der Waals surface area contributed by atoms with Crippen LogP contribution < -0.4 is 9.62 Å². The van der Waals surface area contributed by atoms with Crippen molar-refractivity contribution in [3.63, 3.8) is 0 Å². The zero-order valence-electron chi connectivity index (χ0n) is 12.2. The molecule has 0 fully saturated rings. The van der Waals surface area contributed by atoms with E-state index < -0.39 is 16.1 Å². The number of rotatable bonds is 4. The molecule has 0 aliphatic carbocycles. The molecule has 6 nitrogen and oxygen atoms in total. The van der Waals surface area contributed by atoms with Crippen molar-refractivity contribution >= 4 is 21.6 Å². The molecule has 1 aliphatic heterocycles. The van der Waals surface area contributed by atoms with Gasteiger partial charge in [-0.1, -0.05) is 0 Å². The Hall–Kier alpha value is -1.44. The molecule has 0 bridgehead atoms. The number of anilines is 1. The van der Waals surface area contributed by atoms with Crippen LogP contribution in [0, 0.1) is 0 Å². The number of aliphatic hydroxyl groups is 1. The fraction of sp³-hybridized carbons (Fsp3) is 0.500. The lowest BCUT2D eigenvalue weighted by atomic mass is 10.0. The SMILES string of the molecule is CC(=O)N1CCCc2cc(S(=O)(=O)N[C@@H](C)CO)ccc21. The summed E-state index contributed by atoms with van der Waals surface area (Å²) in [6.45, 7) is 3.49. The fourth-order valence-corrected chi connectivity index (χ4v) is 3.72. The molecule has 0 spiro atoms. The Bertz CT molecular complexity index is 642. The van der Waals surface area contributed by atoms with Crippen LogP contribution >= 0.6 is 0 Å². The lowest BCUT2D eigenvalue weighted by Gasteiger charge is -2.29. The summed E-state index contributed by atoms with van der Waals surface area (Å²) >= 11 is 0. The predicted octanol–water partition coefficient (Wildman–Crippen LogP) is 0.645. The molecule has 1 amide bonds. The van der Waals surface area contributed by atoms with Crippen molar-refractivity contribution in [3.05, 3.63) is 23.8 Å². The van der Waals surface area contributed by atoms with Gasteiger partial charge in [0.25, 0.3) is 0 Å². The highest BCUT2D eigenvalue weighted by Crippen LogP contribution is 2.29. The van der Waals surface area contributed by atoms with Gasteiger partial charge in [-0.2, -0.15) is 0 Å². The van der Waals surface area contributed by atoms with Gasteiger partial charge in [0.2, 0.25) is 15.9 Å². The van der Waals surface area contributed by atoms with Gasteiger partial charge in [0.1, 0.15) is 0 Å². The van der Waals surface area contributed by atoms with Gasteiger partial charge in [-0.25, -0.2) is 13.1 Å². The van der Waals surface area contributed by atoms with Crippen LogP contribution in [0.25, 0.3) is 0 Å². The summed E-state index contributed by atoms with van der Waals surface area (Å²) in [5, 5.41) is 8.96. The second kappa shape index (κ2) is 6.13. The third-order valence-corrected chi connectivity index (χ3v) is 5.08. The van der Waals surface area contributed by atoms with Crippen LogP contribution in [0.2, 0.25) is 0 Å². The number of hydrogen-bond donors (Lipinski definition) is 2. The first kappa shape index (κ1) is 15.9. The lowest BCUT2D eigenvalue weighted by molar-refractivity contribution is -0.116. The number of hydrogen-bond acceptors (Lipinski definition) is 4. The van der Waals surface area contributed by atoms with Gasteiger partial charge in [0, 0.05) is 25.2 Å². The van der Waals surface area contributed by atoms with Gasteiger partial charge in [0.05, 0.1) is 11.5 Å². The molecule has 2 rings (SSSR count). The topological polar surface area (TPSA) is 86.7 Å². The molecule has 1 aromatic carbocycles. The number of aliphatic hydroxyl groups excluding tert-OH is 1. The monoisotopic (exact) mass is 312 g/mol. The number of carbonyl (C=O) groups is 1. The van der Waals surface area contributed by atoms with E-state index in [1.165, 1.54) is 13.0 Å². The average Bonchev–Trinajstić information content (AvgIpc) is 2.45. The number of aryl methyl sites for hydroxylation is 1. The minimum absolute atomic E-state index is 0.0430. The van der Waals surface area contributed by atoms with E-state index >= 15 is 0 Å². The highest BCUT2D eigenvalue weighted by atomic mass is 32.2. The van der Waals surface area contributed by atoms with Crippen LogP contribution in [-0.4, -0.2) is 38.6 Å². The largest absolute Gasteiger partial charge is 0.395 e. The van der Waals surface area contributed by atoms with Crippen LogP contribution in [-0.2, 0) is 21.2 Å². The lowest BCUT2D eigenvalue weighted by Crippen LogP contribution is -2.36. The van der Waals surface area contributed by atoms with E-state index in [1.807, 2.05) is 0 Å². The van der Waals surface area contributed by atoms with E-state index in [2.05, 4.69) is 4.72 Å². The Labute approximate surface area is 124 Å². The van der Waals surface area contributed by atoms with Gasteiger partial charge in [-0.3, -0.25) is 4.79 Å². The van der Waals surface area contributed by atoms with Gasteiger partial charge in [-0.05, 0) is 43.5 Å². The highest BCUT2D eigenvalue weighted by molar-refractivity contribution is 7.89. The van der Waals surface area contributed by atoms with Gasteiger partial charge in [0.15, 0.2) is 0 Å². The zero-order chi connectivity index (χ0) is 15.6. The van der Waals surface area contributed by atoms with Crippen molar-refractivity contribution in [3.8, 4) is 0 Å². The Morgan fingerprint density at radius 1 is 1.48 bits per heavy atom. The van der Waals surface area contributed by atoms with Crippen molar-refractivity contribution in [1.82, 2.24) is 4.72 Å². The molecular formula is C14H20N2O4S. The number of amides is 1.